The first-order chi connectivity index (χ1) is 22.0. The summed E-state index contributed by atoms with van der Waals surface area (Å²) in [6, 6.07) is 9.16. The number of aromatic nitrogens is 2. The maximum atomic E-state index is 13.7. The van der Waals surface area contributed by atoms with Gasteiger partial charge in [0.25, 0.3) is 0 Å². The van der Waals surface area contributed by atoms with E-state index >= 15 is 0 Å². The number of hydrogen-bond donors (Lipinski definition) is 1. The summed E-state index contributed by atoms with van der Waals surface area (Å²) in [5.74, 6) is -1.99. The summed E-state index contributed by atoms with van der Waals surface area (Å²) in [6.07, 6.45) is -1.35. The standard InChI is InChI=1S/C32H36ClF3N6O4/c1-46-13-12-42-29-24(17-37-42)25-18-40(19-32(34,35)36)30(44)22(14-21(25)15-26(29)33)16-28(43)39-9-7-23(8-10-39)41-11-6-20-4-2-3-5-27(20)38-31(41)45/h2-5,15,17,22-23H,6-14,16,18-19H2,1H3,(H,38,45). The molecule has 0 bridgehead atoms. The Labute approximate surface area is 269 Å². The normalized spacial score (nSPS) is 19.5. The van der Waals surface area contributed by atoms with E-state index in [4.69, 9.17) is 16.3 Å². The lowest BCUT2D eigenvalue weighted by Crippen LogP contribution is -2.50. The van der Waals surface area contributed by atoms with Crippen molar-refractivity contribution in [2.24, 2.45) is 5.92 Å². The molecule has 3 aromatic rings. The monoisotopic (exact) mass is 660 g/mol. The van der Waals surface area contributed by atoms with Gasteiger partial charge in [-0.05, 0) is 54.5 Å². The highest BCUT2D eigenvalue weighted by Gasteiger charge is 2.40. The van der Waals surface area contributed by atoms with E-state index in [-0.39, 0.29) is 37.4 Å². The minimum Gasteiger partial charge on any atom is -0.383 e. The largest absolute Gasteiger partial charge is 0.406 e. The predicted octanol–water partition coefficient (Wildman–Crippen LogP) is 4.87. The van der Waals surface area contributed by atoms with Crippen LogP contribution < -0.4 is 5.32 Å². The second kappa shape index (κ2) is 13.1. The molecule has 0 aliphatic carbocycles. The summed E-state index contributed by atoms with van der Waals surface area (Å²) >= 11 is 6.66. The third-order valence-electron chi connectivity index (χ3n) is 9.25. The number of halogens is 4. The van der Waals surface area contributed by atoms with Crippen LogP contribution in [0.15, 0.2) is 36.5 Å². The van der Waals surface area contributed by atoms with E-state index in [0.29, 0.717) is 72.7 Å². The second-order valence-corrected chi connectivity index (χ2v) is 12.6. The number of alkyl halides is 3. The number of piperidine rings is 1. The number of fused-ring (bicyclic) bond motifs is 4. The molecule has 10 nitrogen and oxygen atoms in total. The smallest absolute Gasteiger partial charge is 0.383 e. The lowest BCUT2D eigenvalue weighted by molar-refractivity contribution is -0.165. The van der Waals surface area contributed by atoms with Crippen LogP contribution >= 0.6 is 11.6 Å². The number of ether oxygens (including phenoxy) is 1. The quantitative estimate of drug-likeness (QED) is 0.390. The highest BCUT2D eigenvalue weighted by atomic mass is 35.5. The van der Waals surface area contributed by atoms with Gasteiger partial charge in [0.1, 0.15) is 6.54 Å². The molecule has 46 heavy (non-hydrogen) atoms. The number of anilines is 1. The van der Waals surface area contributed by atoms with E-state index in [0.717, 1.165) is 22.6 Å². The Hall–Kier alpha value is -3.84. The van der Waals surface area contributed by atoms with Gasteiger partial charge in [-0.15, -0.1) is 0 Å². The molecular formula is C32H36ClF3N6O4. The Kier molecular flexibility index (Phi) is 9.15. The average molecular weight is 661 g/mol. The van der Waals surface area contributed by atoms with Gasteiger partial charge in [0.05, 0.1) is 35.8 Å². The van der Waals surface area contributed by atoms with Crippen LogP contribution in [0.2, 0.25) is 5.02 Å². The topological polar surface area (TPSA) is 100 Å². The highest BCUT2D eigenvalue weighted by Crippen LogP contribution is 2.36. The van der Waals surface area contributed by atoms with Crippen molar-refractivity contribution >= 4 is 46.0 Å². The van der Waals surface area contributed by atoms with Gasteiger partial charge in [-0.2, -0.15) is 18.3 Å². The van der Waals surface area contributed by atoms with Crippen molar-refractivity contribution in [3.8, 4) is 0 Å². The van der Waals surface area contributed by atoms with Crippen molar-refractivity contribution in [3.05, 3.63) is 58.2 Å². The summed E-state index contributed by atoms with van der Waals surface area (Å²) in [4.78, 5) is 44.5. The van der Waals surface area contributed by atoms with Gasteiger partial charge in [0.15, 0.2) is 0 Å². The molecule has 4 heterocycles. The van der Waals surface area contributed by atoms with E-state index in [2.05, 4.69) is 10.4 Å². The van der Waals surface area contributed by atoms with Crippen LogP contribution in [0.4, 0.5) is 23.7 Å². The van der Waals surface area contributed by atoms with E-state index in [1.165, 1.54) is 0 Å². The summed E-state index contributed by atoms with van der Waals surface area (Å²) in [7, 11) is 1.55. The number of amides is 4. The first-order valence-corrected chi connectivity index (χ1v) is 15.8. The van der Waals surface area contributed by atoms with Gasteiger partial charge in [-0.1, -0.05) is 29.8 Å². The maximum Gasteiger partial charge on any atom is 0.406 e. The van der Waals surface area contributed by atoms with E-state index in [1.807, 2.05) is 29.2 Å². The first-order valence-electron chi connectivity index (χ1n) is 15.5. The molecule has 0 spiro atoms. The van der Waals surface area contributed by atoms with Crippen molar-refractivity contribution in [3.63, 3.8) is 0 Å². The number of benzene rings is 2. The molecule has 246 valence electrons. The number of nitrogens with one attached hydrogen (secondary N) is 1. The Balaban J connectivity index is 1.17. The molecule has 1 fully saturated rings. The zero-order valence-electron chi connectivity index (χ0n) is 25.5. The third kappa shape index (κ3) is 6.66. The SMILES string of the molecule is COCCn1ncc2c3c(cc(Cl)c21)CC(CC(=O)N1CCC(N2CCc4ccccc4NC2=O)CC1)C(=O)N(CC(F)(F)F)C3. The number of urea groups is 1. The predicted molar refractivity (Wildman–Crippen MR) is 165 cm³/mol. The molecule has 14 heteroatoms. The van der Waals surface area contributed by atoms with Gasteiger partial charge in [-0.25, -0.2) is 4.79 Å². The number of carbonyl (C=O) groups is 3. The zero-order chi connectivity index (χ0) is 32.6. The molecule has 3 aliphatic rings. The van der Waals surface area contributed by atoms with Crippen molar-refractivity contribution in [2.75, 3.05) is 45.2 Å². The van der Waals surface area contributed by atoms with Gasteiger partial charge in [0, 0.05) is 56.8 Å². The highest BCUT2D eigenvalue weighted by molar-refractivity contribution is 6.35. The van der Waals surface area contributed by atoms with Crippen LogP contribution in [-0.2, 0) is 40.3 Å². The van der Waals surface area contributed by atoms with Gasteiger partial charge in [0.2, 0.25) is 11.8 Å². The molecule has 1 N–H and O–H groups in total. The lowest BCUT2D eigenvalue weighted by atomic mass is 9.92. The molecule has 1 saturated heterocycles. The number of para-hydroxylation sites is 1. The molecule has 6 rings (SSSR count). The van der Waals surface area contributed by atoms with Gasteiger partial charge < -0.3 is 24.8 Å². The maximum absolute atomic E-state index is 13.7. The fourth-order valence-electron chi connectivity index (χ4n) is 6.95. The zero-order valence-corrected chi connectivity index (χ0v) is 26.2. The molecule has 1 unspecified atom stereocenters. The van der Waals surface area contributed by atoms with E-state index < -0.39 is 24.5 Å². The van der Waals surface area contributed by atoms with Crippen molar-refractivity contribution < 1.29 is 32.3 Å². The van der Waals surface area contributed by atoms with Crippen LogP contribution in [0.1, 0.15) is 36.0 Å². The molecule has 3 aliphatic heterocycles. The Morgan fingerprint density at radius 2 is 1.89 bits per heavy atom. The minimum atomic E-state index is -4.62. The van der Waals surface area contributed by atoms with Crippen LogP contribution in [-0.4, -0.2) is 94.4 Å². The molecular weight excluding hydrogens is 625 g/mol. The van der Waals surface area contributed by atoms with Crippen LogP contribution in [0.5, 0.6) is 0 Å². The molecule has 0 radical (unpaired) electrons. The van der Waals surface area contributed by atoms with Crippen molar-refractivity contribution in [1.82, 2.24) is 24.5 Å². The van der Waals surface area contributed by atoms with Crippen molar-refractivity contribution in [1.29, 1.82) is 0 Å². The molecule has 1 aromatic heterocycles. The lowest BCUT2D eigenvalue weighted by Gasteiger charge is -2.38. The molecule has 2 aromatic carbocycles. The van der Waals surface area contributed by atoms with Crippen LogP contribution in [0.3, 0.4) is 0 Å². The Morgan fingerprint density at radius 1 is 1.13 bits per heavy atom. The number of likely N-dealkylation sites (tertiary alicyclic amines) is 1. The van der Waals surface area contributed by atoms with Gasteiger partial charge in [-0.3, -0.25) is 14.3 Å². The van der Waals surface area contributed by atoms with Crippen LogP contribution in [0.25, 0.3) is 10.9 Å². The fourth-order valence-corrected chi connectivity index (χ4v) is 7.28. The number of hydrogen-bond acceptors (Lipinski definition) is 5. The number of methoxy groups -OCH3 is 1. The molecule has 1 atom stereocenters. The Bertz CT molecular complexity index is 1640. The van der Waals surface area contributed by atoms with Gasteiger partial charge >= 0.3 is 12.2 Å². The average Bonchev–Trinajstić information content (AvgIpc) is 3.32. The van der Waals surface area contributed by atoms with E-state index in [1.54, 1.807) is 29.0 Å². The third-order valence-corrected chi connectivity index (χ3v) is 9.54. The van der Waals surface area contributed by atoms with Crippen molar-refractivity contribution in [2.45, 2.75) is 57.4 Å². The van der Waals surface area contributed by atoms with Crippen LogP contribution in [0, 0.1) is 5.92 Å². The first kappa shape index (κ1) is 32.1. The minimum absolute atomic E-state index is 0.0543. The summed E-state index contributed by atoms with van der Waals surface area (Å²) in [5.41, 5.74) is 3.62. The number of carbonyl (C=O) groups excluding carboxylic acids is 3. The number of nitrogens with zero attached hydrogens (tertiary/aromatic N) is 5. The summed E-state index contributed by atoms with van der Waals surface area (Å²) in [6.45, 7) is 0.402. The summed E-state index contributed by atoms with van der Waals surface area (Å²) < 4.78 is 47.9. The summed E-state index contributed by atoms with van der Waals surface area (Å²) in [5, 5.41) is 8.31. The second-order valence-electron chi connectivity index (χ2n) is 12.2. The van der Waals surface area contributed by atoms with E-state index in [9.17, 15) is 27.6 Å². The fraction of sp³-hybridized carbons (Fsp3) is 0.500. The molecule has 0 saturated carbocycles. The Morgan fingerprint density at radius 3 is 2.63 bits per heavy atom. The number of rotatable bonds is 7. The molecule has 4 amide bonds.